The molecule has 1 aromatic rings. The molecule has 0 aliphatic rings. The van der Waals surface area contributed by atoms with Gasteiger partial charge in [0.15, 0.2) is 17.7 Å². The highest BCUT2D eigenvalue weighted by Gasteiger charge is 2.15. The number of halogens is 3. The predicted molar refractivity (Wildman–Crippen MR) is 69.3 cm³/mol. The van der Waals surface area contributed by atoms with Crippen molar-refractivity contribution < 1.29 is 28.6 Å². The largest absolute Gasteiger partial charge is 0.479 e. The van der Waals surface area contributed by atoms with Gasteiger partial charge in [0.2, 0.25) is 0 Å². The van der Waals surface area contributed by atoms with Gasteiger partial charge in [0, 0.05) is 17.4 Å². The van der Waals surface area contributed by atoms with Crippen LogP contribution in [-0.2, 0) is 4.79 Å². The minimum absolute atomic E-state index is 0.168. The zero-order valence-corrected chi connectivity index (χ0v) is 11.6. The van der Waals surface area contributed by atoms with Crippen LogP contribution in [0.3, 0.4) is 0 Å². The monoisotopic (exact) mass is 352 g/mol. The summed E-state index contributed by atoms with van der Waals surface area (Å²) in [6.45, 7) is -0.168. The number of urea groups is 1. The molecule has 0 aliphatic heterocycles. The molecule has 0 aliphatic carbocycles. The van der Waals surface area contributed by atoms with E-state index in [1.807, 2.05) is 5.32 Å². The van der Waals surface area contributed by atoms with E-state index in [2.05, 4.69) is 21.2 Å². The highest BCUT2D eigenvalue weighted by molar-refractivity contribution is 9.10. The van der Waals surface area contributed by atoms with Crippen LogP contribution in [0, 0.1) is 11.6 Å². The summed E-state index contributed by atoms with van der Waals surface area (Å²) >= 11 is 2.89. The van der Waals surface area contributed by atoms with Gasteiger partial charge in [-0.25, -0.2) is 18.4 Å². The average Bonchev–Trinajstić information content (AvgIpc) is 2.33. The van der Waals surface area contributed by atoms with Crippen molar-refractivity contribution in [1.82, 2.24) is 5.32 Å². The van der Waals surface area contributed by atoms with Gasteiger partial charge in [-0.2, -0.15) is 0 Å². The number of nitrogens with one attached hydrogen (secondary N) is 2. The zero-order chi connectivity index (χ0) is 15.3. The molecule has 1 atom stereocenters. The molecule has 0 fully saturated rings. The molecule has 20 heavy (non-hydrogen) atoms. The van der Waals surface area contributed by atoms with Crippen molar-refractivity contribution in [3.05, 3.63) is 28.2 Å². The first kappa shape index (κ1) is 16.3. The summed E-state index contributed by atoms with van der Waals surface area (Å²) in [6, 6.07) is 1.04. The quantitative estimate of drug-likeness (QED) is 0.647. The third-order valence-corrected chi connectivity index (χ3v) is 2.69. The van der Waals surface area contributed by atoms with E-state index in [1.54, 1.807) is 0 Å². The number of benzene rings is 1. The Morgan fingerprint density at radius 1 is 1.30 bits per heavy atom. The van der Waals surface area contributed by atoms with E-state index in [1.165, 1.54) is 0 Å². The fourth-order valence-electron chi connectivity index (χ4n) is 1.27. The molecule has 6 nitrogen and oxygen atoms in total. The molecule has 0 bridgehead atoms. The van der Waals surface area contributed by atoms with Crippen molar-refractivity contribution in [2.24, 2.45) is 0 Å². The number of hydrogen-bond acceptors (Lipinski definition) is 3. The molecule has 0 saturated carbocycles. The SMILES string of the molecule is O=C(NCCC(O)C(=O)O)Nc1c(F)cc(Br)cc1F. The number of aliphatic hydroxyl groups excluding tert-OH is 1. The smallest absolute Gasteiger partial charge is 0.332 e. The van der Waals surface area contributed by atoms with Gasteiger partial charge in [0.05, 0.1) is 0 Å². The van der Waals surface area contributed by atoms with E-state index in [0.29, 0.717) is 0 Å². The van der Waals surface area contributed by atoms with Crippen LogP contribution < -0.4 is 10.6 Å². The number of hydrogen-bond donors (Lipinski definition) is 4. The van der Waals surface area contributed by atoms with Crippen LogP contribution in [0.2, 0.25) is 0 Å². The maximum absolute atomic E-state index is 13.4. The minimum atomic E-state index is -1.61. The second kappa shape index (κ2) is 7.15. The molecular formula is C11H11BrF2N2O4. The Bertz CT molecular complexity index is 504. The lowest BCUT2D eigenvalue weighted by molar-refractivity contribution is -0.146. The predicted octanol–water partition coefficient (Wildman–Crippen LogP) is 1.68. The van der Waals surface area contributed by atoms with E-state index in [9.17, 15) is 18.4 Å². The molecule has 2 amide bonds. The maximum atomic E-state index is 13.4. The third kappa shape index (κ3) is 4.74. The van der Waals surface area contributed by atoms with Crippen LogP contribution in [0.15, 0.2) is 16.6 Å². The summed E-state index contributed by atoms with van der Waals surface area (Å²) in [7, 11) is 0. The zero-order valence-electron chi connectivity index (χ0n) is 9.99. The molecule has 0 spiro atoms. The Labute approximate surface area is 120 Å². The van der Waals surface area contributed by atoms with Gasteiger partial charge in [-0.3, -0.25) is 0 Å². The van der Waals surface area contributed by atoms with Crippen molar-refractivity contribution >= 4 is 33.6 Å². The van der Waals surface area contributed by atoms with E-state index in [4.69, 9.17) is 10.2 Å². The van der Waals surface area contributed by atoms with Crippen LogP contribution in [0.1, 0.15) is 6.42 Å². The fraction of sp³-hybridized carbons (Fsp3) is 0.273. The Hall–Kier alpha value is -1.74. The van der Waals surface area contributed by atoms with Gasteiger partial charge in [-0.1, -0.05) is 15.9 Å². The Balaban J connectivity index is 2.53. The third-order valence-electron chi connectivity index (χ3n) is 2.23. The van der Waals surface area contributed by atoms with Crippen LogP contribution >= 0.6 is 15.9 Å². The van der Waals surface area contributed by atoms with Crippen molar-refractivity contribution in [3.63, 3.8) is 0 Å². The molecule has 1 aromatic carbocycles. The fourth-order valence-corrected chi connectivity index (χ4v) is 1.67. The van der Waals surface area contributed by atoms with Gasteiger partial charge >= 0.3 is 12.0 Å². The van der Waals surface area contributed by atoms with Gasteiger partial charge < -0.3 is 20.8 Å². The standard InChI is InChI=1S/C11H11BrF2N2O4/c12-5-3-6(13)9(7(14)4-5)16-11(20)15-2-1-8(17)10(18)19/h3-4,8,17H,1-2H2,(H,18,19)(H2,15,16,20). The first-order chi connectivity index (χ1) is 9.31. The Morgan fingerprint density at radius 3 is 2.35 bits per heavy atom. The second-order valence-corrected chi connectivity index (χ2v) is 4.68. The number of carbonyl (C=O) groups excluding carboxylic acids is 1. The van der Waals surface area contributed by atoms with Crippen molar-refractivity contribution in [1.29, 1.82) is 0 Å². The lowest BCUT2D eigenvalue weighted by atomic mass is 10.2. The number of carboxylic acids is 1. The summed E-state index contributed by atoms with van der Waals surface area (Å²) in [5.74, 6) is -3.34. The Morgan fingerprint density at radius 2 is 1.85 bits per heavy atom. The maximum Gasteiger partial charge on any atom is 0.332 e. The topological polar surface area (TPSA) is 98.7 Å². The van der Waals surface area contributed by atoms with Crippen LogP contribution in [0.5, 0.6) is 0 Å². The van der Waals surface area contributed by atoms with Gasteiger partial charge in [0.25, 0.3) is 0 Å². The number of carboxylic acid groups (broad SMARTS) is 1. The van der Waals surface area contributed by atoms with Gasteiger partial charge in [0.1, 0.15) is 5.69 Å². The number of amides is 2. The summed E-state index contributed by atoms with van der Waals surface area (Å²) in [5, 5.41) is 21.5. The molecule has 0 saturated heterocycles. The van der Waals surface area contributed by atoms with E-state index in [0.717, 1.165) is 12.1 Å². The van der Waals surface area contributed by atoms with Gasteiger partial charge in [-0.05, 0) is 12.1 Å². The summed E-state index contributed by atoms with van der Waals surface area (Å²) in [5.41, 5.74) is -0.621. The van der Waals surface area contributed by atoms with E-state index >= 15 is 0 Å². The molecule has 1 rings (SSSR count). The van der Waals surface area contributed by atoms with Crippen molar-refractivity contribution in [2.75, 3.05) is 11.9 Å². The Kier molecular flexibility index (Phi) is 5.83. The van der Waals surface area contributed by atoms with E-state index < -0.39 is 35.4 Å². The number of anilines is 1. The normalized spacial score (nSPS) is 11.8. The number of aliphatic hydroxyl groups is 1. The molecule has 0 radical (unpaired) electrons. The average molecular weight is 353 g/mol. The summed E-state index contributed by atoms with van der Waals surface area (Å²) in [6.07, 6.45) is -1.84. The second-order valence-electron chi connectivity index (χ2n) is 3.77. The number of aliphatic carboxylic acids is 1. The summed E-state index contributed by atoms with van der Waals surface area (Å²) < 4.78 is 27.0. The van der Waals surface area contributed by atoms with Crippen molar-refractivity contribution in [2.45, 2.75) is 12.5 Å². The van der Waals surface area contributed by atoms with Crippen molar-refractivity contribution in [3.8, 4) is 0 Å². The first-order valence-electron chi connectivity index (χ1n) is 5.41. The highest BCUT2D eigenvalue weighted by Crippen LogP contribution is 2.23. The molecular weight excluding hydrogens is 342 g/mol. The van der Waals surface area contributed by atoms with Gasteiger partial charge in [-0.15, -0.1) is 0 Å². The van der Waals surface area contributed by atoms with E-state index in [-0.39, 0.29) is 17.4 Å². The first-order valence-corrected chi connectivity index (χ1v) is 6.21. The molecule has 0 heterocycles. The molecule has 110 valence electrons. The number of carbonyl (C=O) groups is 2. The number of rotatable bonds is 5. The minimum Gasteiger partial charge on any atom is -0.479 e. The molecule has 1 unspecified atom stereocenters. The lowest BCUT2D eigenvalue weighted by Crippen LogP contribution is -2.33. The molecule has 4 N–H and O–H groups in total. The molecule has 0 aromatic heterocycles. The van der Waals surface area contributed by atoms with Crippen LogP contribution in [0.4, 0.5) is 19.3 Å². The lowest BCUT2D eigenvalue weighted by Gasteiger charge is -2.10. The summed E-state index contributed by atoms with van der Waals surface area (Å²) in [4.78, 5) is 21.7. The van der Waals surface area contributed by atoms with Crippen LogP contribution in [-0.4, -0.2) is 34.9 Å². The van der Waals surface area contributed by atoms with Crippen LogP contribution in [0.25, 0.3) is 0 Å². The highest BCUT2D eigenvalue weighted by atomic mass is 79.9. The molecule has 9 heteroatoms.